The monoisotopic (exact) mass is 357 g/mol. The van der Waals surface area contributed by atoms with Crippen molar-refractivity contribution in [3.05, 3.63) is 53.1 Å². The van der Waals surface area contributed by atoms with Gasteiger partial charge in [-0.3, -0.25) is 4.79 Å². The number of rotatable bonds is 6. The molecule has 1 aliphatic rings. The summed E-state index contributed by atoms with van der Waals surface area (Å²) < 4.78 is 11.2. The van der Waals surface area contributed by atoms with Crippen molar-refractivity contribution in [1.82, 2.24) is 5.32 Å². The van der Waals surface area contributed by atoms with Crippen LogP contribution in [0.15, 0.2) is 41.3 Å². The molecule has 0 saturated heterocycles. The molecular formula is C20H23NO3S. The van der Waals surface area contributed by atoms with Crippen LogP contribution in [0.4, 0.5) is 0 Å². The molecule has 2 aromatic rings. The normalized spacial score (nSPS) is 12.7. The predicted octanol–water partition coefficient (Wildman–Crippen LogP) is 3.87. The lowest BCUT2D eigenvalue weighted by molar-refractivity contribution is -0.120. The molecule has 132 valence electrons. The molecule has 2 aromatic carbocycles. The molecular weight excluding hydrogens is 334 g/mol. The van der Waals surface area contributed by atoms with Crippen molar-refractivity contribution < 1.29 is 14.3 Å². The summed E-state index contributed by atoms with van der Waals surface area (Å²) in [5.74, 6) is 2.31. The predicted molar refractivity (Wildman–Crippen MR) is 101 cm³/mol. The molecule has 0 atom stereocenters. The highest BCUT2D eigenvalue weighted by atomic mass is 32.2. The first kappa shape index (κ1) is 17.7. The Balaban J connectivity index is 1.46. The quantitative estimate of drug-likeness (QED) is 0.797. The summed E-state index contributed by atoms with van der Waals surface area (Å²) in [5.41, 5.74) is 3.53. The van der Waals surface area contributed by atoms with Gasteiger partial charge >= 0.3 is 0 Å². The van der Waals surface area contributed by atoms with E-state index >= 15 is 0 Å². The van der Waals surface area contributed by atoms with Gasteiger partial charge in [0, 0.05) is 29.2 Å². The molecule has 0 unspecified atom stereocenters. The van der Waals surface area contributed by atoms with E-state index in [1.165, 1.54) is 16.0 Å². The maximum atomic E-state index is 12.1. The van der Waals surface area contributed by atoms with Gasteiger partial charge in [-0.15, -0.1) is 11.8 Å². The highest BCUT2D eigenvalue weighted by Gasteiger charge is 2.15. The number of para-hydroxylation sites is 1. The van der Waals surface area contributed by atoms with Gasteiger partial charge in [0.05, 0.1) is 0 Å². The van der Waals surface area contributed by atoms with Gasteiger partial charge in [0.1, 0.15) is 13.2 Å². The smallest absolute Gasteiger partial charge is 0.221 e. The Labute approximate surface area is 152 Å². The molecule has 0 aromatic heterocycles. The van der Waals surface area contributed by atoms with Crippen LogP contribution in [-0.4, -0.2) is 24.9 Å². The van der Waals surface area contributed by atoms with Crippen LogP contribution in [0.2, 0.25) is 0 Å². The van der Waals surface area contributed by atoms with E-state index in [0.29, 0.717) is 26.2 Å². The van der Waals surface area contributed by atoms with Crippen molar-refractivity contribution in [3.63, 3.8) is 0 Å². The maximum Gasteiger partial charge on any atom is 0.221 e. The number of carbonyl (C=O) groups excluding carboxylic acids is 1. The second-order valence-corrected chi connectivity index (χ2v) is 7.23. The van der Waals surface area contributed by atoms with Crippen molar-refractivity contribution in [1.29, 1.82) is 0 Å². The van der Waals surface area contributed by atoms with Crippen LogP contribution in [0.25, 0.3) is 0 Å². The van der Waals surface area contributed by atoms with Crippen LogP contribution in [0.1, 0.15) is 23.1 Å². The summed E-state index contributed by atoms with van der Waals surface area (Å²) in [6.07, 6.45) is 0.490. The zero-order chi connectivity index (χ0) is 17.6. The first-order chi connectivity index (χ1) is 12.1. The van der Waals surface area contributed by atoms with Crippen LogP contribution in [-0.2, 0) is 11.3 Å². The van der Waals surface area contributed by atoms with Gasteiger partial charge in [0.15, 0.2) is 11.5 Å². The van der Waals surface area contributed by atoms with E-state index in [-0.39, 0.29) is 5.91 Å². The summed E-state index contributed by atoms with van der Waals surface area (Å²) in [6, 6.07) is 12.2. The minimum Gasteiger partial charge on any atom is -0.486 e. The first-order valence-corrected chi connectivity index (χ1v) is 9.46. The fraction of sp³-hybridized carbons (Fsp3) is 0.350. The Bertz CT molecular complexity index is 761. The van der Waals surface area contributed by atoms with Gasteiger partial charge in [0.2, 0.25) is 5.91 Å². The van der Waals surface area contributed by atoms with E-state index in [1.807, 2.05) is 18.2 Å². The minimum atomic E-state index is 0.0469. The maximum absolute atomic E-state index is 12.1. The summed E-state index contributed by atoms with van der Waals surface area (Å²) in [5, 5.41) is 2.97. The standard InChI is InChI=1S/C20H23NO3S/c1-14-6-7-17(12-15(14)2)25-11-8-19(22)21-13-16-4-3-5-18-20(16)24-10-9-23-18/h3-7,12H,8-11,13H2,1-2H3,(H,21,22). The number of hydrogen-bond donors (Lipinski definition) is 1. The van der Waals surface area contributed by atoms with Crippen molar-refractivity contribution >= 4 is 17.7 Å². The number of amides is 1. The van der Waals surface area contributed by atoms with Crippen LogP contribution < -0.4 is 14.8 Å². The second kappa shape index (κ2) is 8.30. The van der Waals surface area contributed by atoms with Crippen LogP contribution in [0.5, 0.6) is 11.5 Å². The van der Waals surface area contributed by atoms with Gasteiger partial charge in [-0.25, -0.2) is 0 Å². The average Bonchev–Trinajstić information content (AvgIpc) is 2.63. The number of hydrogen-bond acceptors (Lipinski definition) is 4. The van der Waals surface area contributed by atoms with Crippen molar-refractivity contribution in [3.8, 4) is 11.5 Å². The zero-order valence-corrected chi connectivity index (χ0v) is 15.4. The summed E-state index contributed by atoms with van der Waals surface area (Å²) in [7, 11) is 0. The minimum absolute atomic E-state index is 0.0469. The third-order valence-corrected chi connectivity index (χ3v) is 5.20. The number of aryl methyl sites for hydroxylation is 2. The number of benzene rings is 2. The first-order valence-electron chi connectivity index (χ1n) is 8.48. The SMILES string of the molecule is Cc1ccc(SCCC(=O)NCc2cccc3c2OCCO3)cc1C. The van der Waals surface area contributed by atoms with Gasteiger partial charge < -0.3 is 14.8 Å². The van der Waals surface area contributed by atoms with Gasteiger partial charge in [0.25, 0.3) is 0 Å². The van der Waals surface area contributed by atoms with E-state index in [0.717, 1.165) is 22.8 Å². The molecule has 3 rings (SSSR count). The third kappa shape index (κ3) is 4.69. The Kier molecular flexibility index (Phi) is 5.87. The van der Waals surface area contributed by atoms with E-state index in [9.17, 15) is 4.79 Å². The van der Waals surface area contributed by atoms with E-state index in [1.54, 1.807) is 11.8 Å². The second-order valence-electron chi connectivity index (χ2n) is 6.06. The Morgan fingerprint density at radius 2 is 1.96 bits per heavy atom. The molecule has 4 nitrogen and oxygen atoms in total. The highest BCUT2D eigenvalue weighted by Crippen LogP contribution is 2.33. The Hall–Kier alpha value is -2.14. The van der Waals surface area contributed by atoms with E-state index in [4.69, 9.17) is 9.47 Å². The summed E-state index contributed by atoms with van der Waals surface area (Å²) >= 11 is 1.71. The lowest BCUT2D eigenvalue weighted by Gasteiger charge is -2.21. The van der Waals surface area contributed by atoms with Crippen LogP contribution in [0.3, 0.4) is 0 Å². The third-order valence-electron chi connectivity index (χ3n) is 4.20. The number of fused-ring (bicyclic) bond motifs is 1. The van der Waals surface area contributed by atoms with Gasteiger partial charge in [-0.05, 0) is 43.2 Å². The molecule has 1 heterocycles. The molecule has 1 amide bonds. The largest absolute Gasteiger partial charge is 0.486 e. The molecule has 0 fully saturated rings. The average molecular weight is 357 g/mol. The molecule has 0 aliphatic carbocycles. The Morgan fingerprint density at radius 3 is 2.80 bits per heavy atom. The molecule has 5 heteroatoms. The van der Waals surface area contributed by atoms with Gasteiger partial charge in [-0.1, -0.05) is 18.2 Å². The number of ether oxygens (including phenoxy) is 2. The van der Waals surface area contributed by atoms with Crippen LogP contribution in [0, 0.1) is 13.8 Å². The summed E-state index contributed by atoms with van der Waals surface area (Å²) in [4.78, 5) is 13.3. The summed E-state index contributed by atoms with van der Waals surface area (Å²) in [6.45, 7) is 5.79. The molecule has 0 spiro atoms. The number of nitrogens with one attached hydrogen (secondary N) is 1. The molecule has 1 aliphatic heterocycles. The molecule has 1 N–H and O–H groups in total. The lowest BCUT2D eigenvalue weighted by atomic mass is 10.1. The molecule has 0 saturated carbocycles. The lowest BCUT2D eigenvalue weighted by Crippen LogP contribution is -2.24. The number of thioether (sulfide) groups is 1. The topological polar surface area (TPSA) is 47.6 Å². The van der Waals surface area contributed by atoms with Crippen molar-refractivity contribution in [2.75, 3.05) is 19.0 Å². The Morgan fingerprint density at radius 1 is 1.12 bits per heavy atom. The van der Waals surface area contributed by atoms with Crippen LogP contribution >= 0.6 is 11.8 Å². The number of carbonyl (C=O) groups is 1. The van der Waals surface area contributed by atoms with Gasteiger partial charge in [-0.2, -0.15) is 0 Å². The fourth-order valence-electron chi connectivity index (χ4n) is 2.62. The van der Waals surface area contributed by atoms with E-state index < -0.39 is 0 Å². The fourth-order valence-corrected chi connectivity index (χ4v) is 3.57. The van der Waals surface area contributed by atoms with E-state index in [2.05, 4.69) is 37.4 Å². The highest BCUT2D eigenvalue weighted by molar-refractivity contribution is 7.99. The van der Waals surface area contributed by atoms with Crippen molar-refractivity contribution in [2.24, 2.45) is 0 Å². The molecule has 25 heavy (non-hydrogen) atoms. The van der Waals surface area contributed by atoms with Crippen molar-refractivity contribution in [2.45, 2.75) is 31.7 Å². The zero-order valence-electron chi connectivity index (χ0n) is 14.6. The molecule has 0 radical (unpaired) electrons. The molecule has 0 bridgehead atoms.